The van der Waals surface area contributed by atoms with Gasteiger partial charge in [-0.1, -0.05) is 11.6 Å². The molecule has 2 aromatic rings. The smallest absolute Gasteiger partial charge is 0.481 e. The monoisotopic (exact) mass is 536 g/mol. The number of benzene rings is 1. The maximum atomic E-state index is 13.8. The minimum absolute atomic E-state index is 0.0155. The lowest BCUT2D eigenvalue weighted by Gasteiger charge is -2.32. The van der Waals surface area contributed by atoms with E-state index in [2.05, 4.69) is 15.3 Å². The number of ether oxygens (including phenoxy) is 2. The molecule has 1 aromatic carbocycles. The van der Waals surface area contributed by atoms with Gasteiger partial charge in [0.15, 0.2) is 0 Å². The number of carbonyl (C=O) groups excluding carboxylic acids is 2. The van der Waals surface area contributed by atoms with Crippen molar-refractivity contribution >= 4 is 30.5 Å². The zero-order valence-corrected chi connectivity index (χ0v) is 22.2. The topological polar surface area (TPSA) is 135 Å². The summed E-state index contributed by atoms with van der Waals surface area (Å²) in [4.78, 5) is 33.5. The molecule has 2 atom stereocenters. The first kappa shape index (κ1) is 28.8. The summed E-state index contributed by atoms with van der Waals surface area (Å²) in [5.41, 5.74) is 4.10. The summed E-state index contributed by atoms with van der Waals surface area (Å²) < 4.78 is 37.1. The summed E-state index contributed by atoms with van der Waals surface area (Å²) in [7, 11) is 0.603. The molecule has 10 nitrogen and oxygen atoms in total. The molecule has 2 heterocycles. The van der Waals surface area contributed by atoms with E-state index in [9.17, 15) is 14.0 Å². The second kappa shape index (κ2) is 11.7. The minimum Gasteiger partial charge on any atom is -0.493 e. The highest BCUT2D eigenvalue weighted by Gasteiger charge is 2.54. The number of hydrogen-bond acceptors (Lipinski definition) is 8. The molecule has 1 fully saturated rings. The summed E-state index contributed by atoms with van der Waals surface area (Å²) in [5.74, 6) is -3.31. The molecular formula is C24H31BClFN4O6. The van der Waals surface area contributed by atoms with E-state index in [1.807, 2.05) is 27.7 Å². The van der Waals surface area contributed by atoms with Crippen molar-refractivity contribution in [1.29, 1.82) is 0 Å². The number of hydrogen-bond donors (Lipinski definition) is 2. The number of aromatic nitrogens is 2. The molecule has 1 aromatic heterocycles. The fraction of sp³-hybridized carbons (Fsp3) is 0.500. The summed E-state index contributed by atoms with van der Waals surface area (Å²) >= 11 is 5.74. The van der Waals surface area contributed by atoms with Crippen molar-refractivity contribution in [1.82, 2.24) is 15.3 Å². The first-order valence-electron chi connectivity index (χ1n) is 11.7. The highest BCUT2D eigenvalue weighted by molar-refractivity contribution is 6.48. The third kappa shape index (κ3) is 6.75. The molecule has 37 heavy (non-hydrogen) atoms. The standard InChI is InChI=1S/C24H31BClFN4O6/c1-23(2)24(3,4)37-25(36-23)18(8-11-35-14-6-7-16(26)17(27)12-14)31-22(33)15(13-34-5)19-20(21(28)32)30-10-9-29-19/h6-7,9-10,12,15,18H,8,11,13H2,1-5H3,(H2,28,32)(H,31,33)/t15-,18+/m0/s1. The average Bonchev–Trinajstić information content (AvgIpc) is 3.05. The Morgan fingerprint density at radius 2 is 1.84 bits per heavy atom. The van der Waals surface area contributed by atoms with E-state index >= 15 is 0 Å². The number of nitrogens with two attached hydrogens (primary N) is 1. The first-order valence-corrected chi connectivity index (χ1v) is 12.1. The van der Waals surface area contributed by atoms with Crippen molar-refractivity contribution in [2.75, 3.05) is 20.3 Å². The fourth-order valence-electron chi connectivity index (χ4n) is 3.72. The molecule has 200 valence electrons. The molecule has 0 saturated carbocycles. The van der Waals surface area contributed by atoms with Crippen molar-refractivity contribution in [2.45, 2.75) is 57.2 Å². The lowest BCUT2D eigenvalue weighted by atomic mass is 9.76. The van der Waals surface area contributed by atoms with Gasteiger partial charge in [-0.25, -0.2) is 9.37 Å². The van der Waals surface area contributed by atoms with Crippen LogP contribution in [0.3, 0.4) is 0 Å². The van der Waals surface area contributed by atoms with Gasteiger partial charge in [0.25, 0.3) is 5.91 Å². The summed E-state index contributed by atoms with van der Waals surface area (Å²) in [6.07, 6.45) is 2.92. The van der Waals surface area contributed by atoms with Gasteiger partial charge in [-0.3, -0.25) is 14.6 Å². The van der Waals surface area contributed by atoms with Crippen molar-refractivity contribution < 1.29 is 32.8 Å². The highest BCUT2D eigenvalue weighted by Crippen LogP contribution is 2.38. The Balaban J connectivity index is 1.82. The van der Waals surface area contributed by atoms with Crippen LogP contribution in [0.2, 0.25) is 5.02 Å². The van der Waals surface area contributed by atoms with Crippen LogP contribution in [0.15, 0.2) is 30.6 Å². The zero-order valence-electron chi connectivity index (χ0n) is 21.4. The van der Waals surface area contributed by atoms with Crippen LogP contribution in [-0.2, 0) is 18.8 Å². The zero-order chi connectivity index (χ0) is 27.4. The predicted octanol–water partition coefficient (Wildman–Crippen LogP) is 2.68. The van der Waals surface area contributed by atoms with Crippen molar-refractivity contribution in [2.24, 2.45) is 5.73 Å². The van der Waals surface area contributed by atoms with Gasteiger partial charge in [-0.15, -0.1) is 0 Å². The first-order chi connectivity index (χ1) is 17.4. The summed E-state index contributed by atoms with van der Waals surface area (Å²) in [6.45, 7) is 7.59. The Bertz CT molecular complexity index is 1120. The molecule has 3 rings (SSSR count). The maximum absolute atomic E-state index is 13.8. The molecule has 1 aliphatic rings. The Labute approximate surface area is 220 Å². The average molecular weight is 537 g/mol. The highest BCUT2D eigenvalue weighted by atomic mass is 35.5. The van der Waals surface area contributed by atoms with Gasteiger partial charge in [-0.2, -0.15) is 0 Å². The third-order valence-electron chi connectivity index (χ3n) is 6.46. The number of rotatable bonds is 11. The van der Waals surface area contributed by atoms with E-state index in [-0.39, 0.29) is 41.8 Å². The van der Waals surface area contributed by atoms with Gasteiger partial charge in [-0.05, 0) is 39.8 Å². The second-order valence-electron chi connectivity index (χ2n) is 9.62. The Morgan fingerprint density at radius 3 is 2.43 bits per heavy atom. The molecule has 2 amide bonds. The Morgan fingerprint density at radius 1 is 1.19 bits per heavy atom. The van der Waals surface area contributed by atoms with Gasteiger partial charge >= 0.3 is 7.12 Å². The van der Waals surface area contributed by atoms with Crippen LogP contribution in [0.4, 0.5) is 4.39 Å². The van der Waals surface area contributed by atoms with Crippen molar-refractivity contribution in [3.8, 4) is 5.75 Å². The SMILES string of the molecule is COC[C@H](C(=O)N[C@H](CCOc1ccc(Cl)c(F)c1)B1OC(C)(C)C(C)(C)O1)c1nccnc1C(N)=O. The Kier molecular flexibility index (Phi) is 9.11. The van der Waals surface area contributed by atoms with Gasteiger partial charge in [0.1, 0.15) is 23.2 Å². The quantitative estimate of drug-likeness (QED) is 0.419. The van der Waals surface area contributed by atoms with Gasteiger partial charge in [0, 0.05) is 32.0 Å². The molecule has 0 aliphatic carbocycles. The maximum Gasteiger partial charge on any atom is 0.481 e. The lowest BCUT2D eigenvalue weighted by molar-refractivity contribution is -0.124. The van der Waals surface area contributed by atoms with Gasteiger partial charge < -0.3 is 29.8 Å². The van der Waals surface area contributed by atoms with Crippen LogP contribution in [0.5, 0.6) is 5.75 Å². The molecule has 1 saturated heterocycles. The number of primary amides is 1. The molecule has 0 spiro atoms. The van der Waals surface area contributed by atoms with Gasteiger partial charge in [0.2, 0.25) is 5.91 Å². The molecule has 13 heteroatoms. The second-order valence-corrected chi connectivity index (χ2v) is 10.0. The minimum atomic E-state index is -0.989. The molecule has 1 aliphatic heterocycles. The number of methoxy groups -OCH3 is 1. The normalized spacial score (nSPS) is 17.8. The van der Waals surface area contributed by atoms with Crippen LogP contribution < -0.4 is 15.8 Å². The third-order valence-corrected chi connectivity index (χ3v) is 6.76. The number of halogens is 2. The summed E-state index contributed by atoms with van der Waals surface area (Å²) in [5, 5.41) is 2.91. The largest absolute Gasteiger partial charge is 0.493 e. The van der Waals surface area contributed by atoms with E-state index in [4.69, 9.17) is 36.1 Å². The molecule has 3 N–H and O–H groups in total. The molecule has 0 radical (unpaired) electrons. The number of carbonyl (C=O) groups is 2. The van der Waals surface area contributed by atoms with E-state index in [0.29, 0.717) is 0 Å². The molecule has 0 unspecified atom stereocenters. The van der Waals surface area contributed by atoms with Crippen LogP contribution >= 0.6 is 11.6 Å². The predicted molar refractivity (Wildman–Crippen MR) is 135 cm³/mol. The summed E-state index contributed by atoms with van der Waals surface area (Å²) in [6, 6.07) is 4.12. The fourth-order valence-corrected chi connectivity index (χ4v) is 3.84. The molecular weight excluding hydrogens is 506 g/mol. The Hall–Kier alpha value is -2.80. The van der Waals surface area contributed by atoms with Crippen LogP contribution in [0.25, 0.3) is 0 Å². The van der Waals surface area contributed by atoms with Crippen molar-refractivity contribution in [3.05, 3.63) is 52.8 Å². The van der Waals surface area contributed by atoms with Crippen LogP contribution in [-0.4, -0.2) is 66.4 Å². The van der Waals surface area contributed by atoms with E-state index < -0.39 is 47.8 Å². The van der Waals surface area contributed by atoms with Crippen molar-refractivity contribution in [3.63, 3.8) is 0 Å². The number of nitrogens with one attached hydrogen (secondary N) is 1. The van der Waals surface area contributed by atoms with Crippen LogP contribution in [0.1, 0.15) is 56.2 Å². The lowest BCUT2D eigenvalue weighted by Crippen LogP contribution is -2.50. The number of nitrogens with zero attached hydrogens (tertiary/aromatic N) is 2. The van der Waals surface area contributed by atoms with E-state index in [1.165, 1.54) is 31.6 Å². The number of amides is 2. The van der Waals surface area contributed by atoms with E-state index in [0.717, 1.165) is 0 Å². The van der Waals surface area contributed by atoms with Gasteiger partial charge in [0.05, 0.1) is 41.1 Å². The van der Waals surface area contributed by atoms with Crippen LogP contribution in [0, 0.1) is 5.82 Å². The van der Waals surface area contributed by atoms with E-state index in [1.54, 1.807) is 6.07 Å². The molecule has 0 bridgehead atoms.